The first kappa shape index (κ1) is 15.5. The fourth-order valence-electron chi connectivity index (χ4n) is 1.89. The van der Waals surface area contributed by atoms with E-state index in [1.165, 1.54) is 0 Å². The van der Waals surface area contributed by atoms with Crippen molar-refractivity contribution >= 4 is 33.3 Å². The van der Waals surface area contributed by atoms with E-state index in [0.29, 0.717) is 13.0 Å². The summed E-state index contributed by atoms with van der Waals surface area (Å²) in [5.74, 6) is 0.776. The Hall–Kier alpha value is -1.88. The Bertz CT molecular complexity index is 643. The Balaban J connectivity index is 1.84. The van der Waals surface area contributed by atoms with E-state index in [0.717, 1.165) is 27.2 Å². The van der Waals surface area contributed by atoms with Crippen LogP contribution in [-0.4, -0.2) is 17.4 Å². The lowest BCUT2D eigenvalue weighted by Crippen LogP contribution is -2.17. The van der Waals surface area contributed by atoms with Crippen molar-refractivity contribution in [2.24, 2.45) is 0 Å². The smallest absolute Gasteiger partial charge is 0.226 e. The Morgan fingerprint density at radius 3 is 2.81 bits per heavy atom. The van der Waals surface area contributed by atoms with Gasteiger partial charge in [-0.05, 0) is 43.7 Å². The van der Waals surface area contributed by atoms with Gasteiger partial charge < -0.3 is 10.6 Å². The number of amides is 1. The number of rotatable bonds is 5. The first-order valence-electron chi connectivity index (χ1n) is 6.78. The predicted molar refractivity (Wildman–Crippen MR) is 89.6 cm³/mol. The zero-order valence-electron chi connectivity index (χ0n) is 12.1. The molecule has 110 valence electrons. The standard InChI is InChI=1S/C16H18BrN3O/c1-11-6-7-13(17)10-14(11)20-16(21)8-9-18-15-5-3-4-12(2)19-15/h3-7,10H,8-9H2,1-2H3,(H,18,19)(H,20,21). The van der Waals surface area contributed by atoms with Crippen LogP contribution in [-0.2, 0) is 4.79 Å². The number of benzene rings is 1. The van der Waals surface area contributed by atoms with Crippen LogP contribution in [0.5, 0.6) is 0 Å². The minimum Gasteiger partial charge on any atom is -0.370 e. The number of nitrogens with one attached hydrogen (secondary N) is 2. The van der Waals surface area contributed by atoms with Gasteiger partial charge in [0.25, 0.3) is 0 Å². The lowest BCUT2D eigenvalue weighted by Gasteiger charge is -2.10. The van der Waals surface area contributed by atoms with Gasteiger partial charge in [-0.15, -0.1) is 0 Å². The molecule has 5 heteroatoms. The third kappa shape index (κ3) is 4.86. The number of aryl methyl sites for hydroxylation is 2. The number of carbonyl (C=O) groups is 1. The van der Waals surface area contributed by atoms with Gasteiger partial charge in [0.05, 0.1) is 0 Å². The molecule has 1 aromatic carbocycles. The van der Waals surface area contributed by atoms with Crippen molar-refractivity contribution < 1.29 is 4.79 Å². The molecular formula is C16H18BrN3O. The zero-order chi connectivity index (χ0) is 15.2. The van der Waals surface area contributed by atoms with E-state index >= 15 is 0 Å². The monoisotopic (exact) mass is 347 g/mol. The average molecular weight is 348 g/mol. The molecule has 0 aliphatic carbocycles. The molecule has 1 amide bonds. The predicted octanol–water partition coefficient (Wildman–Crippen LogP) is 3.90. The summed E-state index contributed by atoms with van der Waals surface area (Å²) in [6.45, 7) is 4.46. The number of anilines is 2. The summed E-state index contributed by atoms with van der Waals surface area (Å²) in [5.41, 5.74) is 2.83. The summed E-state index contributed by atoms with van der Waals surface area (Å²) in [6, 6.07) is 11.6. The maximum absolute atomic E-state index is 11.9. The van der Waals surface area contributed by atoms with Gasteiger partial charge in [0.15, 0.2) is 0 Å². The van der Waals surface area contributed by atoms with Crippen molar-refractivity contribution in [3.05, 3.63) is 52.1 Å². The molecule has 0 bridgehead atoms. The third-order valence-corrected chi connectivity index (χ3v) is 3.51. The van der Waals surface area contributed by atoms with E-state index in [9.17, 15) is 4.79 Å². The number of halogens is 1. The zero-order valence-corrected chi connectivity index (χ0v) is 13.7. The number of nitrogens with zero attached hydrogens (tertiary/aromatic N) is 1. The van der Waals surface area contributed by atoms with E-state index < -0.39 is 0 Å². The molecule has 0 aliphatic heterocycles. The summed E-state index contributed by atoms with van der Waals surface area (Å²) in [7, 11) is 0. The molecule has 2 aromatic rings. The molecule has 0 fully saturated rings. The number of hydrogen-bond donors (Lipinski definition) is 2. The van der Waals surface area contributed by atoms with Crippen molar-refractivity contribution in [3.8, 4) is 0 Å². The average Bonchev–Trinajstić information content (AvgIpc) is 2.43. The molecule has 0 spiro atoms. The topological polar surface area (TPSA) is 54.0 Å². The molecule has 4 nitrogen and oxygen atoms in total. The molecule has 2 N–H and O–H groups in total. The second kappa shape index (κ2) is 7.22. The van der Waals surface area contributed by atoms with Gasteiger partial charge in [-0.3, -0.25) is 4.79 Å². The van der Waals surface area contributed by atoms with E-state index in [2.05, 4.69) is 31.5 Å². The van der Waals surface area contributed by atoms with Gasteiger partial charge in [0.2, 0.25) is 5.91 Å². The molecule has 0 atom stereocenters. The lowest BCUT2D eigenvalue weighted by atomic mass is 10.2. The number of aromatic nitrogens is 1. The Labute approximate surface area is 133 Å². The highest BCUT2D eigenvalue weighted by Crippen LogP contribution is 2.20. The lowest BCUT2D eigenvalue weighted by molar-refractivity contribution is -0.115. The highest BCUT2D eigenvalue weighted by atomic mass is 79.9. The summed E-state index contributed by atoms with van der Waals surface area (Å²) in [6.07, 6.45) is 0.390. The first-order chi connectivity index (χ1) is 10.0. The molecule has 2 rings (SSSR count). The van der Waals surface area contributed by atoms with Gasteiger partial charge in [-0.1, -0.05) is 28.1 Å². The second-order valence-electron chi connectivity index (χ2n) is 4.85. The number of hydrogen-bond acceptors (Lipinski definition) is 3. The maximum atomic E-state index is 11.9. The summed E-state index contributed by atoms with van der Waals surface area (Å²) >= 11 is 3.40. The SMILES string of the molecule is Cc1cccc(NCCC(=O)Nc2cc(Br)ccc2C)n1. The van der Waals surface area contributed by atoms with Crippen LogP contribution in [0, 0.1) is 13.8 Å². The van der Waals surface area contributed by atoms with Gasteiger partial charge in [0, 0.05) is 28.8 Å². The largest absolute Gasteiger partial charge is 0.370 e. The Morgan fingerprint density at radius 2 is 2.05 bits per heavy atom. The van der Waals surface area contributed by atoms with Crippen LogP contribution in [0.3, 0.4) is 0 Å². The summed E-state index contributed by atoms with van der Waals surface area (Å²) in [5, 5.41) is 6.07. The minimum absolute atomic E-state index is 0.0173. The Kier molecular flexibility index (Phi) is 5.33. The molecule has 21 heavy (non-hydrogen) atoms. The fraction of sp³-hybridized carbons (Fsp3) is 0.250. The molecular weight excluding hydrogens is 330 g/mol. The van der Waals surface area contributed by atoms with Crippen LogP contribution in [0.25, 0.3) is 0 Å². The van der Waals surface area contributed by atoms with Crippen molar-refractivity contribution in [2.75, 3.05) is 17.2 Å². The maximum Gasteiger partial charge on any atom is 0.226 e. The van der Waals surface area contributed by atoms with Gasteiger partial charge in [-0.25, -0.2) is 4.98 Å². The summed E-state index contributed by atoms with van der Waals surface area (Å²) < 4.78 is 0.950. The molecule has 0 saturated heterocycles. The van der Waals surface area contributed by atoms with Crippen LogP contribution >= 0.6 is 15.9 Å². The van der Waals surface area contributed by atoms with Crippen molar-refractivity contribution in [1.29, 1.82) is 0 Å². The van der Waals surface area contributed by atoms with E-state index in [4.69, 9.17) is 0 Å². The van der Waals surface area contributed by atoms with Crippen molar-refractivity contribution in [2.45, 2.75) is 20.3 Å². The van der Waals surface area contributed by atoms with Gasteiger partial charge >= 0.3 is 0 Å². The van der Waals surface area contributed by atoms with E-state index in [1.54, 1.807) is 0 Å². The first-order valence-corrected chi connectivity index (χ1v) is 7.57. The van der Waals surface area contributed by atoms with Gasteiger partial charge in [0.1, 0.15) is 5.82 Å². The molecule has 1 heterocycles. The van der Waals surface area contributed by atoms with Gasteiger partial charge in [-0.2, -0.15) is 0 Å². The second-order valence-corrected chi connectivity index (χ2v) is 5.76. The highest BCUT2D eigenvalue weighted by Gasteiger charge is 2.05. The number of pyridine rings is 1. The molecule has 0 unspecified atom stereocenters. The van der Waals surface area contributed by atoms with Crippen LogP contribution in [0.1, 0.15) is 17.7 Å². The number of carbonyl (C=O) groups excluding carboxylic acids is 1. The van der Waals surface area contributed by atoms with Crippen LogP contribution in [0.4, 0.5) is 11.5 Å². The normalized spacial score (nSPS) is 10.2. The highest BCUT2D eigenvalue weighted by molar-refractivity contribution is 9.10. The summed E-state index contributed by atoms with van der Waals surface area (Å²) in [4.78, 5) is 16.3. The molecule has 0 saturated carbocycles. The minimum atomic E-state index is -0.0173. The van der Waals surface area contributed by atoms with E-state index in [1.807, 2.05) is 50.2 Å². The van der Waals surface area contributed by atoms with Crippen LogP contribution < -0.4 is 10.6 Å². The van der Waals surface area contributed by atoms with Crippen molar-refractivity contribution in [3.63, 3.8) is 0 Å². The Morgan fingerprint density at radius 1 is 1.24 bits per heavy atom. The fourth-order valence-corrected chi connectivity index (χ4v) is 2.25. The quantitative estimate of drug-likeness (QED) is 0.862. The van der Waals surface area contributed by atoms with E-state index in [-0.39, 0.29) is 5.91 Å². The van der Waals surface area contributed by atoms with Crippen LogP contribution in [0.2, 0.25) is 0 Å². The van der Waals surface area contributed by atoms with Crippen LogP contribution in [0.15, 0.2) is 40.9 Å². The van der Waals surface area contributed by atoms with Crippen molar-refractivity contribution in [1.82, 2.24) is 4.98 Å². The third-order valence-electron chi connectivity index (χ3n) is 3.02. The molecule has 0 radical (unpaired) electrons. The molecule has 0 aliphatic rings. The molecule has 1 aromatic heterocycles.